The molecule has 0 radical (unpaired) electrons. The van der Waals surface area contributed by atoms with Crippen molar-refractivity contribution in [3.63, 3.8) is 0 Å². The summed E-state index contributed by atoms with van der Waals surface area (Å²) in [4.78, 5) is 4.81. The van der Waals surface area contributed by atoms with E-state index in [1.807, 2.05) is 6.20 Å². The van der Waals surface area contributed by atoms with Crippen molar-refractivity contribution < 1.29 is 0 Å². The summed E-state index contributed by atoms with van der Waals surface area (Å²) in [5.41, 5.74) is 0. The first kappa shape index (κ1) is 6.23. The number of hydrogen-bond acceptors (Lipinski definition) is 2. The highest BCUT2D eigenvalue weighted by Gasteiger charge is 2.39. The van der Waals surface area contributed by atoms with Gasteiger partial charge in [-0.1, -0.05) is 6.58 Å². The minimum Gasteiger partial charge on any atom is -0.372 e. The summed E-state index contributed by atoms with van der Waals surface area (Å²) in [6.07, 6.45) is 3.33. The van der Waals surface area contributed by atoms with Gasteiger partial charge in [0, 0.05) is 25.2 Å². The van der Waals surface area contributed by atoms with Crippen LogP contribution in [0.1, 0.15) is 6.42 Å². The van der Waals surface area contributed by atoms with Gasteiger partial charge in [-0.3, -0.25) is 4.90 Å². The monoisotopic (exact) mass is 138 g/mol. The fourth-order valence-electron chi connectivity index (χ4n) is 2.12. The number of fused-ring (bicyclic) bond motifs is 2. The number of nitrogens with zero attached hydrogens (tertiary/aromatic N) is 2. The van der Waals surface area contributed by atoms with Crippen LogP contribution in [0, 0.1) is 0 Å². The third-order valence-corrected chi connectivity index (χ3v) is 2.79. The van der Waals surface area contributed by atoms with Crippen LogP contribution in [0.25, 0.3) is 0 Å². The van der Waals surface area contributed by atoms with Gasteiger partial charge in [0.2, 0.25) is 0 Å². The lowest BCUT2D eigenvalue weighted by Gasteiger charge is -2.30. The minimum absolute atomic E-state index is 0.771. The van der Waals surface area contributed by atoms with E-state index >= 15 is 0 Å². The number of piperazine rings is 1. The van der Waals surface area contributed by atoms with E-state index in [9.17, 15) is 0 Å². The Morgan fingerprint density at radius 2 is 2.20 bits per heavy atom. The van der Waals surface area contributed by atoms with E-state index in [0.717, 1.165) is 12.1 Å². The summed E-state index contributed by atoms with van der Waals surface area (Å²) in [5.74, 6) is 0. The molecule has 2 atom stereocenters. The molecule has 2 heterocycles. The molecule has 10 heavy (non-hydrogen) atoms. The molecule has 2 bridgehead atoms. The van der Waals surface area contributed by atoms with E-state index in [-0.39, 0.29) is 0 Å². The van der Waals surface area contributed by atoms with E-state index in [4.69, 9.17) is 0 Å². The first-order valence-corrected chi connectivity index (χ1v) is 3.90. The molecule has 0 aromatic heterocycles. The molecule has 2 saturated heterocycles. The van der Waals surface area contributed by atoms with Gasteiger partial charge in [-0.05, 0) is 19.7 Å². The number of rotatable bonds is 1. The summed E-state index contributed by atoms with van der Waals surface area (Å²) in [6.45, 7) is 6.23. The van der Waals surface area contributed by atoms with Gasteiger partial charge in [0.15, 0.2) is 0 Å². The second kappa shape index (κ2) is 1.99. The zero-order valence-electron chi connectivity index (χ0n) is 6.45. The highest BCUT2D eigenvalue weighted by molar-refractivity contribution is 5.01. The van der Waals surface area contributed by atoms with Crippen LogP contribution >= 0.6 is 0 Å². The van der Waals surface area contributed by atoms with E-state index in [0.29, 0.717) is 0 Å². The van der Waals surface area contributed by atoms with Crippen molar-refractivity contribution in [2.24, 2.45) is 0 Å². The Morgan fingerprint density at radius 3 is 2.60 bits per heavy atom. The molecule has 0 aliphatic carbocycles. The van der Waals surface area contributed by atoms with Crippen LogP contribution in [0.3, 0.4) is 0 Å². The number of hydrogen-bond donors (Lipinski definition) is 0. The Balaban J connectivity index is 2.08. The molecule has 2 rings (SSSR count). The molecule has 0 N–H and O–H groups in total. The summed E-state index contributed by atoms with van der Waals surface area (Å²) in [5, 5.41) is 0. The second-order valence-electron chi connectivity index (χ2n) is 3.36. The van der Waals surface area contributed by atoms with Gasteiger partial charge >= 0.3 is 0 Å². The van der Waals surface area contributed by atoms with Gasteiger partial charge in [-0.25, -0.2) is 0 Å². The molecule has 0 spiro atoms. The van der Waals surface area contributed by atoms with Crippen LogP contribution in [0.4, 0.5) is 0 Å². The van der Waals surface area contributed by atoms with Crippen molar-refractivity contribution >= 4 is 0 Å². The Morgan fingerprint density at radius 1 is 1.40 bits per heavy atom. The van der Waals surface area contributed by atoms with Gasteiger partial charge in [-0.2, -0.15) is 0 Å². The molecule has 0 aromatic rings. The van der Waals surface area contributed by atoms with E-state index in [2.05, 4.69) is 23.4 Å². The molecule has 0 aromatic carbocycles. The molecular weight excluding hydrogens is 124 g/mol. The maximum atomic E-state index is 3.79. The van der Waals surface area contributed by atoms with Crippen LogP contribution < -0.4 is 0 Å². The van der Waals surface area contributed by atoms with Crippen molar-refractivity contribution in [3.8, 4) is 0 Å². The van der Waals surface area contributed by atoms with Crippen molar-refractivity contribution in [1.82, 2.24) is 9.80 Å². The molecule has 0 amide bonds. The highest BCUT2D eigenvalue weighted by Crippen LogP contribution is 2.28. The van der Waals surface area contributed by atoms with Crippen molar-refractivity contribution in [3.05, 3.63) is 12.8 Å². The van der Waals surface area contributed by atoms with Gasteiger partial charge in [0.1, 0.15) is 0 Å². The van der Waals surface area contributed by atoms with Crippen LogP contribution in [0.5, 0.6) is 0 Å². The van der Waals surface area contributed by atoms with Crippen molar-refractivity contribution in [2.75, 3.05) is 20.1 Å². The predicted molar refractivity (Wildman–Crippen MR) is 41.7 cm³/mol. The Kier molecular flexibility index (Phi) is 1.24. The molecule has 0 saturated carbocycles. The fraction of sp³-hybridized carbons (Fsp3) is 0.750. The molecule has 2 heteroatoms. The van der Waals surface area contributed by atoms with E-state index in [1.165, 1.54) is 19.5 Å². The van der Waals surface area contributed by atoms with Crippen LogP contribution in [-0.4, -0.2) is 42.0 Å². The molecule has 2 unspecified atom stereocenters. The van der Waals surface area contributed by atoms with E-state index < -0.39 is 0 Å². The predicted octanol–water partition coefficient (Wildman–Crippen LogP) is 0.518. The average Bonchev–Trinajstić information content (AvgIpc) is 2.44. The fourth-order valence-corrected chi connectivity index (χ4v) is 2.12. The van der Waals surface area contributed by atoms with Gasteiger partial charge < -0.3 is 4.90 Å². The maximum Gasteiger partial charge on any atom is 0.0427 e. The van der Waals surface area contributed by atoms with Crippen molar-refractivity contribution in [1.29, 1.82) is 0 Å². The molecular formula is C8H14N2. The molecule has 2 fully saturated rings. The number of likely N-dealkylation sites (tertiary alicyclic amines) is 2. The third kappa shape index (κ3) is 0.686. The molecule has 2 aliphatic heterocycles. The zero-order valence-corrected chi connectivity index (χ0v) is 6.45. The SMILES string of the molecule is C=CN1CC2CC1CN2C. The summed E-state index contributed by atoms with van der Waals surface area (Å²) in [7, 11) is 2.21. The summed E-state index contributed by atoms with van der Waals surface area (Å²) < 4.78 is 0. The van der Waals surface area contributed by atoms with Crippen LogP contribution in [0.15, 0.2) is 12.8 Å². The molecule has 56 valence electrons. The smallest absolute Gasteiger partial charge is 0.0427 e. The maximum absolute atomic E-state index is 3.79. The molecule has 2 aliphatic rings. The highest BCUT2D eigenvalue weighted by atomic mass is 15.3. The zero-order chi connectivity index (χ0) is 7.14. The van der Waals surface area contributed by atoms with Gasteiger partial charge in [0.25, 0.3) is 0 Å². The Bertz CT molecular complexity index is 153. The first-order chi connectivity index (χ1) is 4.81. The van der Waals surface area contributed by atoms with Crippen LogP contribution in [-0.2, 0) is 0 Å². The Hall–Kier alpha value is -0.500. The largest absolute Gasteiger partial charge is 0.372 e. The third-order valence-electron chi connectivity index (χ3n) is 2.79. The summed E-state index contributed by atoms with van der Waals surface area (Å²) in [6, 6.07) is 1.58. The first-order valence-electron chi connectivity index (χ1n) is 3.90. The quantitative estimate of drug-likeness (QED) is 0.521. The number of likely N-dealkylation sites (N-methyl/N-ethyl adjacent to an activating group) is 1. The normalized spacial score (nSPS) is 39.1. The van der Waals surface area contributed by atoms with Crippen molar-refractivity contribution in [2.45, 2.75) is 18.5 Å². The summed E-state index contributed by atoms with van der Waals surface area (Å²) >= 11 is 0. The minimum atomic E-state index is 0.771. The topological polar surface area (TPSA) is 6.48 Å². The van der Waals surface area contributed by atoms with Gasteiger partial charge in [-0.15, -0.1) is 0 Å². The molecule has 2 nitrogen and oxygen atoms in total. The standard InChI is InChI=1S/C8H14N2/c1-3-10-6-7-4-8(10)5-9(7)2/h3,7-8H,1,4-6H2,2H3. The second-order valence-corrected chi connectivity index (χ2v) is 3.36. The lowest BCUT2D eigenvalue weighted by Crippen LogP contribution is -2.41. The van der Waals surface area contributed by atoms with Gasteiger partial charge in [0.05, 0.1) is 0 Å². The average molecular weight is 138 g/mol. The lowest BCUT2D eigenvalue weighted by atomic mass is 10.2. The lowest BCUT2D eigenvalue weighted by molar-refractivity contribution is 0.194. The Labute approximate surface area is 62.1 Å². The van der Waals surface area contributed by atoms with Crippen LogP contribution in [0.2, 0.25) is 0 Å². The van der Waals surface area contributed by atoms with E-state index in [1.54, 1.807) is 0 Å².